The number of nitrogens with one attached hydrogen (secondary N) is 1. The summed E-state index contributed by atoms with van der Waals surface area (Å²) in [6, 6.07) is 20.1. The molecule has 3 aromatic rings. The molecule has 1 aromatic heterocycles. The van der Waals surface area contributed by atoms with E-state index in [1.807, 2.05) is 74.1 Å². The summed E-state index contributed by atoms with van der Waals surface area (Å²) < 4.78 is 5.98. The van der Waals surface area contributed by atoms with Crippen LogP contribution in [0.4, 0.5) is 0 Å². The Hall–Kier alpha value is -3.42. The van der Waals surface area contributed by atoms with Crippen LogP contribution in [0.5, 0.6) is 5.75 Å². The van der Waals surface area contributed by atoms with E-state index < -0.39 is 17.7 Å². The van der Waals surface area contributed by atoms with Crippen molar-refractivity contribution in [2.24, 2.45) is 0 Å². The molecule has 0 unspecified atom stereocenters. The highest BCUT2D eigenvalue weighted by Gasteiger charge is 2.44. The van der Waals surface area contributed by atoms with Gasteiger partial charge in [-0.2, -0.15) is 0 Å². The first-order chi connectivity index (χ1) is 16.0. The van der Waals surface area contributed by atoms with Gasteiger partial charge in [0.15, 0.2) is 5.76 Å². The summed E-state index contributed by atoms with van der Waals surface area (Å²) in [6.07, 6.45) is 0. The Morgan fingerprint density at radius 2 is 1.88 bits per heavy atom. The average molecular weight is 464 g/mol. The lowest BCUT2D eigenvalue weighted by atomic mass is 9.95. The molecule has 0 spiro atoms. The van der Waals surface area contributed by atoms with Crippen LogP contribution in [-0.4, -0.2) is 48.9 Å². The van der Waals surface area contributed by atoms with Gasteiger partial charge in [-0.15, -0.1) is 11.3 Å². The van der Waals surface area contributed by atoms with Gasteiger partial charge in [-0.05, 0) is 34.7 Å². The normalized spacial score (nSPS) is 16.0. The van der Waals surface area contributed by atoms with Crippen LogP contribution in [0.15, 0.2) is 83.4 Å². The summed E-state index contributed by atoms with van der Waals surface area (Å²) >= 11 is 1.29. The van der Waals surface area contributed by atoms with Crippen LogP contribution in [0.2, 0.25) is 0 Å². The zero-order valence-electron chi connectivity index (χ0n) is 18.7. The van der Waals surface area contributed by atoms with E-state index in [2.05, 4.69) is 0 Å². The molecule has 1 aliphatic rings. The number of Topliss-reactive ketones (excluding diaryl/α,β-unsaturated/α-hetero) is 1. The van der Waals surface area contributed by atoms with Gasteiger partial charge in [0.1, 0.15) is 12.4 Å². The van der Waals surface area contributed by atoms with Crippen LogP contribution in [0.25, 0.3) is 0 Å². The molecule has 2 heterocycles. The summed E-state index contributed by atoms with van der Waals surface area (Å²) in [5, 5.41) is 12.6. The second kappa shape index (κ2) is 10.0. The number of aliphatic hydroxyl groups is 1. The van der Waals surface area contributed by atoms with Crippen molar-refractivity contribution in [3.05, 3.63) is 99.4 Å². The highest BCUT2D eigenvalue weighted by Crippen LogP contribution is 2.40. The molecule has 1 atom stereocenters. The molecule has 0 bridgehead atoms. The van der Waals surface area contributed by atoms with Gasteiger partial charge in [-0.3, -0.25) is 9.59 Å². The van der Waals surface area contributed by atoms with Gasteiger partial charge in [0.05, 0.1) is 43.7 Å². The third-order valence-electron chi connectivity index (χ3n) is 5.57. The molecule has 2 aromatic carbocycles. The minimum atomic E-state index is -0.674. The van der Waals surface area contributed by atoms with Crippen molar-refractivity contribution in [2.75, 3.05) is 27.2 Å². The third-order valence-corrected chi connectivity index (χ3v) is 6.44. The van der Waals surface area contributed by atoms with Crippen molar-refractivity contribution < 1.29 is 24.3 Å². The Morgan fingerprint density at radius 1 is 1.09 bits per heavy atom. The average Bonchev–Trinajstić information content (AvgIpc) is 3.44. The van der Waals surface area contributed by atoms with Crippen molar-refractivity contribution in [1.29, 1.82) is 0 Å². The molecule has 1 aliphatic heterocycles. The van der Waals surface area contributed by atoms with Crippen LogP contribution >= 0.6 is 11.3 Å². The van der Waals surface area contributed by atoms with Gasteiger partial charge in [-0.1, -0.05) is 48.5 Å². The summed E-state index contributed by atoms with van der Waals surface area (Å²) in [5.41, 5.74) is 1.89. The number of carbonyl (C=O) groups excluding carboxylic acids is 2. The maximum atomic E-state index is 13.3. The number of hydrogen-bond donors (Lipinski definition) is 2. The van der Waals surface area contributed by atoms with Crippen LogP contribution in [0.3, 0.4) is 0 Å². The zero-order valence-corrected chi connectivity index (χ0v) is 19.5. The van der Waals surface area contributed by atoms with Crippen molar-refractivity contribution in [1.82, 2.24) is 4.90 Å². The number of nitrogens with zero attached hydrogens (tertiary/aromatic N) is 1. The maximum absolute atomic E-state index is 13.3. The number of hydrogen-bond acceptors (Lipinski definition) is 5. The fourth-order valence-corrected chi connectivity index (χ4v) is 4.54. The summed E-state index contributed by atoms with van der Waals surface area (Å²) in [5.74, 6) is -0.674. The van der Waals surface area contributed by atoms with Gasteiger partial charge < -0.3 is 19.6 Å². The number of thiophene rings is 1. The number of likely N-dealkylation sites (N-methyl/N-ethyl adjacent to an activating group) is 1. The maximum Gasteiger partial charge on any atom is 0.290 e. The SMILES string of the molecule is C[NH+](C)CCN1C(=O)C(O)=C(C(=O)c2cccs2)[C@H]1c1cccc(OCc2ccccc2)c1. The van der Waals surface area contributed by atoms with E-state index in [0.717, 1.165) is 11.1 Å². The van der Waals surface area contributed by atoms with Crippen LogP contribution < -0.4 is 9.64 Å². The fourth-order valence-electron chi connectivity index (χ4n) is 3.86. The largest absolute Gasteiger partial charge is 0.503 e. The first-order valence-electron chi connectivity index (χ1n) is 10.8. The van der Waals surface area contributed by atoms with Crippen LogP contribution in [0.1, 0.15) is 26.8 Å². The fraction of sp³-hybridized carbons (Fsp3) is 0.231. The highest BCUT2D eigenvalue weighted by molar-refractivity contribution is 7.12. The number of carbonyl (C=O) groups is 2. The molecular weight excluding hydrogens is 436 g/mol. The lowest BCUT2D eigenvalue weighted by molar-refractivity contribution is -0.857. The number of quaternary nitrogens is 1. The number of aliphatic hydroxyl groups excluding tert-OH is 1. The van der Waals surface area contributed by atoms with Crippen molar-refractivity contribution in [3.63, 3.8) is 0 Å². The molecule has 0 radical (unpaired) electrons. The molecule has 1 amide bonds. The molecule has 6 nitrogen and oxygen atoms in total. The lowest BCUT2D eigenvalue weighted by Gasteiger charge is -2.27. The Labute approximate surface area is 197 Å². The second-order valence-electron chi connectivity index (χ2n) is 8.27. The standard InChI is InChI=1S/C26H26N2O4S/c1-27(2)13-14-28-23(22(25(30)26(28)31)24(29)21-12-7-15-33-21)19-10-6-11-20(16-19)32-17-18-8-4-3-5-9-18/h3-12,15-16,23,30H,13-14,17H2,1-2H3/p+1/t23-/m1/s1. The van der Waals surface area contributed by atoms with E-state index in [0.29, 0.717) is 30.3 Å². The highest BCUT2D eigenvalue weighted by atomic mass is 32.1. The first kappa shape index (κ1) is 22.8. The van der Waals surface area contributed by atoms with Crippen molar-refractivity contribution >= 4 is 23.0 Å². The topological polar surface area (TPSA) is 71.3 Å². The Kier molecular flexibility index (Phi) is 6.91. The number of benzene rings is 2. The molecular formula is C26H27N2O4S+. The quantitative estimate of drug-likeness (QED) is 0.479. The number of rotatable bonds is 9. The predicted octanol–water partition coefficient (Wildman–Crippen LogP) is 3.05. The molecule has 0 fully saturated rings. The smallest absolute Gasteiger partial charge is 0.290 e. The molecule has 0 saturated heterocycles. The van der Waals surface area contributed by atoms with Crippen molar-refractivity contribution in [2.45, 2.75) is 12.6 Å². The van der Waals surface area contributed by atoms with E-state index in [-0.39, 0.29) is 11.4 Å². The minimum absolute atomic E-state index is 0.122. The molecule has 0 aliphatic carbocycles. The molecule has 2 N–H and O–H groups in total. The van der Waals surface area contributed by atoms with Crippen LogP contribution in [-0.2, 0) is 11.4 Å². The van der Waals surface area contributed by atoms with E-state index in [4.69, 9.17) is 4.74 Å². The van der Waals surface area contributed by atoms with E-state index in [1.54, 1.807) is 17.0 Å². The first-order valence-corrected chi connectivity index (χ1v) is 11.7. The number of ether oxygens (including phenoxy) is 1. The number of amides is 1. The van der Waals surface area contributed by atoms with Gasteiger partial charge in [-0.25, -0.2) is 0 Å². The third kappa shape index (κ3) is 4.99. The summed E-state index contributed by atoms with van der Waals surface area (Å²) in [4.78, 5) is 29.6. The molecule has 0 saturated carbocycles. The Balaban J connectivity index is 1.67. The monoisotopic (exact) mass is 463 g/mol. The lowest BCUT2D eigenvalue weighted by Crippen LogP contribution is -3.06. The zero-order chi connectivity index (χ0) is 23.4. The second-order valence-corrected chi connectivity index (χ2v) is 9.22. The molecule has 7 heteroatoms. The number of ketones is 1. The van der Waals surface area contributed by atoms with Gasteiger partial charge >= 0.3 is 0 Å². The molecule has 33 heavy (non-hydrogen) atoms. The minimum Gasteiger partial charge on any atom is -0.503 e. The molecule has 170 valence electrons. The van der Waals surface area contributed by atoms with Crippen LogP contribution in [0, 0.1) is 0 Å². The predicted molar refractivity (Wildman–Crippen MR) is 128 cm³/mol. The van der Waals surface area contributed by atoms with Gasteiger partial charge in [0.2, 0.25) is 5.78 Å². The van der Waals surface area contributed by atoms with Gasteiger partial charge in [0.25, 0.3) is 5.91 Å². The van der Waals surface area contributed by atoms with E-state index >= 15 is 0 Å². The molecule has 4 rings (SSSR count). The van der Waals surface area contributed by atoms with E-state index in [9.17, 15) is 14.7 Å². The summed E-state index contributed by atoms with van der Waals surface area (Å²) in [6.45, 7) is 1.50. The van der Waals surface area contributed by atoms with E-state index in [1.165, 1.54) is 16.2 Å². The Bertz CT molecular complexity index is 1160. The Morgan fingerprint density at radius 3 is 2.58 bits per heavy atom. The van der Waals surface area contributed by atoms with Gasteiger partial charge in [0, 0.05) is 0 Å². The summed E-state index contributed by atoms with van der Waals surface area (Å²) in [7, 11) is 4.00. The van der Waals surface area contributed by atoms with Crippen molar-refractivity contribution in [3.8, 4) is 5.75 Å².